The van der Waals surface area contributed by atoms with Gasteiger partial charge in [-0.2, -0.15) is 8.75 Å². The maximum atomic E-state index is 13.2. The molecule has 1 saturated heterocycles. The Morgan fingerprint density at radius 2 is 1.71 bits per heavy atom. The summed E-state index contributed by atoms with van der Waals surface area (Å²) in [4.78, 5) is 17.4. The zero-order valence-electron chi connectivity index (χ0n) is 19.3. The number of carbonyl (C=O) groups excluding carboxylic acids is 1. The van der Waals surface area contributed by atoms with Gasteiger partial charge < -0.3 is 9.80 Å². The highest BCUT2D eigenvalue weighted by molar-refractivity contribution is 7.89. The van der Waals surface area contributed by atoms with Crippen LogP contribution in [0.4, 0.5) is 10.1 Å². The summed E-state index contributed by atoms with van der Waals surface area (Å²) < 4.78 is 49.9. The number of benzene rings is 2. The number of fused-ring (bicyclic) bond motifs is 1. The smallest absolute Gasteiger partial charge is 0.242 e. The Balaban J connectivity index is 1.09. The fraction of sp³-hybridized carbons (Fsp3) is 0.458. The molecular weight excluding hydrogens is 489 g/mol. The van der Waals surface area contributed by atoms with Crippen LogP contribution >= 0.6 is 11.7 Å². The lowest BCUT2D eigenvalue weighted by Crippen LogP contribution is -2.50. The molecule has 3 aromatic rings. The molecule has 0 unspecified atom stereocenters. The lowest BCUT2D eigenvalue weighted by molar-refractivity contribution is -0.137. The molecule has 1 amide bonds. The SMILES string of the molecule is O=C(C1CCC(CNS(=O)(=O)c2cccc3nsnc23)CC1)N1CCN(c2ccc(F)cc2)CC1. The molecule has 1 saturated carbocycles. The van der Waals surface area contributed by atoms with Crippen molar-refractivity contribution in [1.82, 2.24) is 18.4 Å². The molecule has 2 fully saturated rings. The molecule has 2 heterocycles. The van der Waals surface area contributed by atoms with Crippen LogP contribution in [0, 0.1) is 17.7 Å². The van der Waals surface area contributed by atoms with Crippen LogP contribution in [0.5, 0.6) is 0 Å². The van der Waals surface area contributed by atoms with Gasteiger partial charge in [-0.05, 0) is 68.0 Å². The van der Waals surface area contributed by atoms with Crippen LogP contribution in [0.25, 0.3) is 11.0 Å². The number of nitrogens with zero attached hydrogens (tertiary/aromatic N) is 4. The molecule has 0 atom stereocenters. The van der Waals surface area contributed by atoms with Crippen LogP contribution in [-0.2, 0) is 14.8 Å². The Morgan fingerprint density at radius 3 is 2.43 bits per heavy atom. The molecule has 0 spiro atoms. The van der Waals surface area contributed by atoms with Crippen molar-refractivity contribution in [3.8, 4) is 0 Å². The zero-order chi connectivity index (χ0) is 24.4. The number of amides is 1. The van der Waals surface area contributed by atoms with Crippen molar-refractivity contribution in [2.24, 2.45) is 11.8 Å². The molecule has 0 radical (unpaired) electrons. The van der Waals surface area contributed by atoms with Gasteiger partial charge in [0.2, 0.25) is 15.9 Å². The van der Waals surface area contributed by atoms with E-state index in [-0.39, 0.29) is 28.5 Å². The van der Waals surface area contributed by atoms with Gasteiger partial charge in [-0.3, -0.25) is 4.79 Å². The number of sulfonamides is 1. The molecule has 1 aliphatic heterocycles. The van der Waals surface area contributed by atoms with Crippen LogP contribution in [-0.4, -0.2) is 60.7 Å². The maximum absolute atomic E-state index is 13.2. The van der Waals surface area contributed by atoms with E-state index >= 15 is 0 Å². The third-order valence-corrected chi connectivity index (χ3v) is 9.08. The van der Waals surface area contributed by atoms with Crippen molar-refractivity contribution in [2.75, 3.05) is 37.6 Å². The van der Waals surface area contributed by atoms with E-state index in [0.717, 1.165) is 56.2 Å². The van der Waals surface area contributed by atoms with Gasteiger partial charge in [0.25, 0.3) is 0 Å². The van der Waals surface area contributed by atoms with Crippen LogP contribution in [0.2, 0.25) is 0 Å². The quantitative estimate of drug-likeness (QED) is 0.539. The van der Waals surface area contributed by atoms with Crippen LogP contribution in [0.1, 0.15) is 25.7 Å². The van der Waals surface area contributed by atoms with Gasteiger partial charge in [0.1, 0.15) is 21.7 Å². The standard InChI is InChI=1S/C24H28FN5O3S2/c25-19-8-10-20(11-9-19)29-12-14-30(15-13-29)24(31)18-6-4-17(5-7-18)16-26-35(32,33)22-3-1-2-21-23(22)28-34-27-21/h1-3,8-11,17-18,26H,4-7,12-16H2. The first-order valence-corrected chi connectivity index (χ1v) is 14.1. The minimum absolute atomic E-state index is 0.00458. The monoisotopic (exact) mass is 517 g/mol. The minimum Gasteiger partial charge on any atom is -0.368 e. The molecule has 35 heavy (non-hydrogen) atoms. The lowest BCUT2D eigenvalue weighted by atomic mass is 9.81. The Kier molecular flexibility index (Phi) is 6.99. The summed E-state index contributed by atoms with van der Waals surface area (Å²) in [5.74, 6) is 0.151. The van der Waals surface area contributed by atoms with Crippen LogP contribution in [0.3, 0.4) is 0 Å². The molecule has 2 aliphatic rings. The molecule has 1 aromatic heterocycles. The molecule has 1 aliphatic carbocycles. The summed E-state index contributed by atoms with van der Waals surface area (Å²) in [5, 5.41) is 0. The second kappa shape index (κ2) is 10.2. The number of anilines is 1. The highest BCUT2D eigenvalue weighted by Crippen LogP contribution is 2.31. The predicted molar refractivity (Wildman–Crippen MR) is 133 cm³/mol. The summed E-state index contributed by atoms with van der Waals surface area (Å²) in [5.41, 5.74) is 1.96. The van der Waals surface area contributed by atoms with Gasteiger partial charge in [-0.1, -0.05) is 6.07 Å². The number of aromatic nitrogens is 2. The average Bonchev–Trinajstić information content (AvgIpc) is 3.37. The van der Waals surface area contributed by atoms with E-state index in [9.17, 15) is 17.6 Å². The van der Waals surface area contributed by atoms with Crippen molar-refractivity contribution < 1.29 is 17.6 Å². The van der Waals surface area contributed by atoms with Gasteiger partial charge in [-0.15, -0.1) is 0 Å². The normalized spacial score (nSPS) is 21.4. The third kappa shape index (κ3) is 5.31. The Morgan fingerprint density at radius 1 is 1.00 bits per heavy atom. The summed E-state index contributed by atoms with van der Waals surface area (Å²) in [7, 11) is -3.68. The third-order valence-electron chi connectivity index (χ3n) is 7.08. The Labute approximate surface area is 208 Å². The first-order chi connectivity index (χ1) is 16.9. The molecule has 2 aromatic carbocycles. The van der Waals surface area contributed by atoms with Gasteiger partial charge in [0.15, 0.2) is 0 Å². The van der Waals surface area contributed by atoms with Crippen molar-refractivity contribution >= 4 is 44.4 Å². The average molecular weight is 518 g/mol. The van der Waals surface area contributed by atoms with Crippen LogP contribution in [0.15, 0.2) is 47.4 Å². The van der Waals surface area contributed by atoms with Crippen molar-refractivity contribution in [2.45, 2.75) is 30.6 Å². The number of hydrogen-bond donors (Lipinski definition) is 1. The van der Waals surface area contributed by atoms with Crippen molar-refractivity contribution in [1.29, 1.82) is 0 Å². The largest absolute Gasteiger partial charge is 0.368 e. The fourth-order valence-corrected chi connectivity index (χ4v) is 6.89. The van der Waals surface area contributed by atoms with Crippen molar-refractivity contribution in [3.05, 3.63) is 48.3 Å². The summed E-state index contributed by atoms with van der Waals surface area (Å²) in [6.07, 6.45) is 3.18. The number of halogens is 1. The zero-order valence-corrected chi connectivity index (χ0v) is 20.9. The maximum Gasteiger partial charge on any atom is 0.242 e. The van der Waals surface area contributed by atoms with E-state index in [0.29, 0.717) is 30.7 Å². The number of carbonyl (C=O) groups is 1. The number of hydrogen-bond acceptors (Lipinski definition) is 7. The first kappa shape index (κ1) is 24.1. The Bertz CT molecular complexity index is 1280. The van der Waals surface area contributed by atoms with Gasteiger partial charge in [-0.25, -0.2) is 17.5 Å². The van der Waals surface area contributed by atoms with E-state index in [1.165, 1.54) is 12.1 Å². The topological polar surface area (TPSA) is 95.5 Å². The molecule has 11 heteroatoms. The Hall–Kier alpha value is -2.63. The van der Waals surface area contributed by atoms with E-state index in [1.54, 1.807) is 30.3 Å². The van der Waals surface area contributed by atoms with Gasteiger partial charge >= 0.3 is 0 Å². The predicted octanol–water partition coefficient (Wildman–Crippen LogP) is 3.26. The van der Waals surface area contributed by atoms with Gasteiger partial charge in [0, 0.05) is 44.3 Å². The second-order valence-electron chi connectivity index (χ2n) is 9.25. The van der Waals surface area contributed by atoms with Crippen LogP contribution < -0.4 is 9.62 Å². The number of piperazine rings is 1. The molecule has 5 rings (SSSR count). The number of rotatable bonds is 6. The summed E-state index contributed by atoms with van der Waals surface area (Å²) in [6, 6.07) is 11.4. The van der Waals surface area contributed by atoms with E-state index < -0.39 is 10.0 Å². The van der Waals surface area contributed by atoms with E-state index in [4.69, 9.17) is 0 Å². The molecule has 0 bridgehead atoms. The second-order valence-corrected chi connectivity index (χ2v) is 11.5. The summed E-state index contributed by atoms with van der Waals surface area (Å²) >= 11 is 0.999. The molecular formula is C24H28FN5O3S2. The van der Waals surface area contributed by atoms with Gasteiger partial charge in [0.05, 0.1) is 11.7 Å². The molecule has 186 valence electrons. The van der Waals surface area contributed by atoms with E-state index in [2.05, 4.69) is 18.4 Å². The number of nitrogens with one attached hydrogen (secondary N) is 1. The summed E-state index contributed by atoms with van der Waals surface area (Å²) in [6.45, 7) is 3.14. The van der Waals surface area contributed by atoms with Crippen molar-refractivity contribution in [3.63, 3.8) is 0 Å². The minimum atomic E-state index is -3.68. The molecule has 8 nitrogen and oxygen atoms in total. The highest BCUT2D eigenvalue weighted by atomic mass is 32.2. The van der Waals surface area contributed by atoms with E-state index in [1.807, 2.05) is 4.90 Å². The highest BCUT2D eigenvalue weighted by Gasteiger charge is 2.32. The first-order valence-electron chi connectivity index (χ1n) is 11.9. The lowest BCUT2D eigenvalue weighted by Gasteiger charge is -2.38. The fourth-order valence-electron chi connectivity index (χ4n) is 5.01. The molecule has 1 N–H and O–H groups in total.